The van der Waals surface area contributed by atoms with E-state index in [0.717, 1.165) is 75.3 Å². The summed E-state index contributed by atoms with van der Waals surface area (Å²) in [5, 5.41) is 15.6. The number of benzene rings is 4. The molecule has 0 saturated carbocycles. The Kier molecular flexibility index (Phi) is 9.86. The first kappa shape index (κ1) is 34.2. The van der Waals surface area contributed by atoms with Gasteiger partial charge in [0.2, 0.25) is 11.8 Å². The average Bonchev–Trinajstić information content (AvgIpc) is 3.17. The molecule has 3 fully saturated rings. The molecule has 0 aromatic heterocycles. The zero-order valence-electron chi connectivity index (χ0n) is 29.5. The summed E-state index contributed by atoms with van der Waals surface area (Å²) in [6.45, 7) is 5.68. The van der Waals surface area contributed by atoms with Gasteiger partial charge in [0.05, 0.1) is 6.61 Å². The number of aromatic hydroxyl groups is 1. The molecule has 0 spiro atoms. The third kappa shape index (κ3) is 7.37. The van der Waals surface area contributed by atoms with Gasteiger partial charge in [0, 0.05) is 60.9 Å². The number of hydrogen-bond donors (Lipinski definition) is 3. The second-order valence-corrected chi connectivity index (χ2v) is 15.0. The highest BCUT2D eigenvalue weighted by molar-refractivity contribution is 6.01. The van der Waals surface area contributed by atoms with Crippen LogP contribution in [0.1, 0.15) is 78.5 Å². The lowest BCUT2D eigenvalue weighted by Gasteiger charge is -2.39. The van der Waals surface area contributed by atoms with Crippen LogP contribution >= 0.6 is 0 Å². The van der Waals surface area contributed by atoms with E-state index in [9.17, 15) is 14.7 Å². The SMILES string of the molecule is O=C1CCC(Nc2ccc(C3CCN(CC4CCN(c5ccc([C@@H]6c7ccc(O)cc7OC[C@@H]6c6ccccc6)cc5)CC4)CC3)c(F)c2)C(=O)N1. The summed E-state index contributed by atoms with van der Waals surface area (Å²) in [5.74, 6) is 1.29. The van der Waals surface area contributed by atoms with Crippen LogP contribution in [-0.4, -0.2) is 67.2 Å². The number of nitrogens with one attached hydrogen (secondary N) is 2. The average molecular weight is 703 g/mol. The molecule has 0 bridgehead atoms. The van der Waals surface area contributed by atoms with E-state index >= 15 is 4.39 Å². The summed E-state index contributed by atoms with van der Waals surface area (Å²) in [6, 6.07) is 29.9. The lowest BCUT2D eigenvalue weighted by atomic mass is 9.76. The van der Waals surface area contributed by atoms with E-state index < -0.39 is 6.04 Å². The summed E-state index contributed by atoms with van der Waals surface area (Å²) in [4.78, 5) is 28.6. The summed E-state index contributed by atoms with van der Waals surface area (Å²) in [7, 11) is 0. The minimum Gasteiger partial charge on any atom is -0.508 e. The number of fused-ring (bicyclic) bond motifs is 1. The van der Waals surface area contributed by atoms with Gasteiger partial charge in [-0.1, -0.05) is 54.6 Å². The Morgan fingerprint density at radius 2 is 1.56 bits per heavy atom. The second kappa shape index (κ2) is 15.0. The number of ether oxygens (including phenoxy) is 1. The van der Waals surface area contributed by atoms with Crippen molar-refractivity contribution in [2.45, 2.75) is 62.3 Å². The fourth-order valence-electron chi connectivity index (χ4n) is 8.84. The predicted molar refractivity (Wildman–Crippen MR) is 201 cm³/mol. The first-order valence-electron chi connectivity index (χ1n) is 18.9. The van der Waals surface area contributed by atoms with E-state index in [1.807, 2.05) is 24.3 Å². The number of halogens is 1. The number of hydrogen-bond acceptors (Lipinski definition) is 7. The van der Waals surface area contributed by atoms with Crippen molar-refractivity contribution in [3.63, 3.8) is 0 Å². The molecule has 270 valence electrons. The summed E-state index contributed by atoms with van der Waals surface area (Å²) < 4.78 is 21.4. The molecule has 3 atom stereocenters. The van der Waals surface area contributed by atoms with Gasteiger partial charge >= 0.3 is 0 Å². The molecule has 4 aromatic carbocycles. The van der Waals surface area contributed by atoms with Crippen LogP contribution in [-0.2, 0) is 9.59 Å². The highest BCUT2D eigenvalue weighted by Crippen LogP contribution is 2.47. The largest absolute Gasteiger partial charge is 0.508 e. The van der Waals surface area contributed by atoms with Crippen LogP contribution in [0.5, 0.6) is 11.5 Å². The van der Waals surface area contributed by atoms with E-state index in [1.165, 1.54) is 22.9 Å². The zero-order valence-corrected chi connectivity index (χ0v) is 29.5. The van der Waals surface area contributed by atoms with E-state index in [2.05, 4.69) is 69.0 Å². The zero-order chi connectivity index (χ0) is 35.6. The molecule has 3 N–H and O–H groups in total. The minimum absolute atomic E-state index is 0.133. The predicted octanol–water partition coefficient (Wildman–Crippen LogP) is 7.15. The number of phenols is 1. The molecular weight excluding hydrogens is 655 g/mol. The standard InChI is InChI=1S/C43H47FN4O4/c44-38-24-32(45-39-14-15-41(50)46-43(39)51)8-12-35(38)30-18-20-47(21-19-30)26-28-16-22-48(23-17-28)33-9-6-31(7-10-33)42-36-13-11-34(49)25-40(36)52-27-37(42)29-4-2-1-3-5-29/h1-13,24-25,28,30,37,39,42,45,49H,14-23,26-27H2,(H,46,50,51)/t37-,39?,42-/m1/s1. The summed E-state index contributed by atoms with van der Waals surface area (Å²) in [5.41, 5.74) is 6.20. The van der Waals surface area contributed by atoms with Crippen molar-refractivity contribution in [3.05, 3.63) is 119 Å². The Balaban J connectivity index is 0.835. The summed E-state index contributed by atoms with van der Waals surface area (Å²) in [6.07, 6.45) is 4.88. The number of nitrogens with zero attached hydrogens (tertiary/aromatic N) is 2. The molecule has 4 aliphatic rings. The molecular formula is C43H47FN4O4. The molecule has 0 aliphatic carbocycles. The van der Waals surface area contributed by atoms with Gasteiger partial charge in [-0.3, -0.25) is 14.9 Å². The normalized spacial score (nSPS) is 23.1. The number of amides is 2. The van der Waals surface area contributed by atoms with E-state index in [1.54, 1.807) is 12.1 Å². The van der Waals surface area contributed by atoms with Gasteiger partial charge in [0.25, 0.3) is 0 Å². The van der Waals surface area contributed by atoms with Gasteiger partial charge < -0.3 is 25.0 Å². The number of piperidine rings is 3. The number of anilines is 2. The first-order valence-corrected chi connectivity index (χ1v) is 18.9. The molecule has 1 unspecified atom stereocenters. The van der Waals surface area contributed by atoms with Crippen LogP contribution in [0.15, 0.2) is 91.0 Å². The minimum atomic E-state index is -0.523. The van der Waals surface area contributed by atoms with Gasteiger partial charge in [-0.25, -0.2) is 4.39 Å². The van der Waals surface area contributed by atoms with Crippen molar-refractivity contribution in [3.8, 4) is 11.5 Å². The lowest BCUT2D eigenvalue weighted by Crippen LogP contribution is -2.47. The first-order chi connectivity index (χ1) is 25.4. The van der Waals surface area contributed by atoms with E-state index in [4.69, 9.17) is 4.74 Å². The monoisotopic (exact) mass is 702 g/mol. The number of rotatable bonds is 8. The Labute approximate surface area is 305 Å². The van der Waals surface area contributed by atoms with Crippen molar-refractivity contribution in [2.24, 2.45) is 5.92 Å². The quantitative estimate of drug-likeness (QED) is 0.168. The van der Waals surface area contributed by atoms with Gasteiger partial charge in [-0.2, -0.15) is 0 Å². The third-order valence-electron chi connectivity index (χ3n) is 11.7. The van der Waals surface area contributed by atoms with Crippen LogP contribution in [0.25, 0.3) is 0 Å². The van der Waals surface area contributed by atoms with Crippen molar-refractivity contribution < 1.29 is 23.8 Å². The highest BCUT2D eigenvalue weighted by atomic mass is 19.1. The van der Waals surface area contributed by atoms with Crippen molar-refractivity contribution >= 4 is 23.2 Å². The summed E-state index contributed by atoms with van der Waals surface area (Å²) >= 11 is 0. The number of phenolic OH excluding ortho intramolecular Hbond substituents is 1. The molecule has 3 saturated heterocycles. The maximum absolute atomic E-state index is 15.2. The molecule has 8 rings (SSSR count). The highest BCUT2D eigenvalue weighted by Gasteiger charge is 2.34. The number of carbonyl (C=O) groups is 2. The van der Waals surface area contributed by atoms with E-state index in [-0.39, 0.29) is 47.6 Å². The van der Waals surface area contributed by atoms with Crippen molar-refractivity contribution in [1.29, 1.82) is 0 Å². The topological polar surface area (TPSA) is 94.1 Å². The second-order valence-electron chi connectivity index (χ2n) is 15.0. The van der Waals surface area contributed by atoms with Gasteiger partial charge in [0.15, 0.2) is 0 Å². The molecule has 9 heteroatoms. The molecule has 0 radical (unpaired) electrons. The fraction of sp³-hybridized carbons (Fsp3) is 0.395. The fourth-order valence-corrected chi connectivity index (χ4v) is 8.84. The van der Waals surface area contributed by atoms with Gasteiger partial charge in [-0.05, 0) is 104 Å². The number of carbonyl (C=O) groups excluding carboxylic acids is 2. The Bertz CT molecular complexity index is 1890. The number of likely N-dealkylation sites (tertiary alicyclic amines) is 1. The molecule has 4 aliphatic heterocycles. The molecule has 8 nitrogen and oxygen atoms in total. The van der Waals surface area contributed by atoms with Crippen LogP contribution < -0.4 is 20.3 Å². The third-order valence-corrected chi connectivity index (χ3v) is 11.7. The van der Waals surface area contributed by atoms with Crippen LogP contribution in [0.2, 0.25) is 0 Å². The van der Waals surface area contributed by atoms with Crippen molar-refractivity contribution in [2.75, 3.05) is 49.5 Å². The van der Waals surface area contributed by atoms with Gasteiger partial charge in [-0.15, -0.1) is 0 Å². The molecule has 52 heavy (non-hydrogen) atoms. The Morgan fingerprint density at radius 1 is 0.808 bits per heavy atom. The van der Waals surface area contributed by atoms with Gasteiger partial charge in [0.1, 0.15) is 23.4 Å². The maximum atomic E-state index is 15.2. The Hall–Kier alpha value is -4.89. The molecule has 4 heterocycles. The lowest BCUT2D eigenvalue weighted by molar-refractivity contribution is -0.133. The Morgan fingerprint density at radius 3 is 2.29 bits per heavy atom. The van der Waals surface area contributed by atoms with Crippen molar-refractivity contribution in [1.82, 2.24) is 10.2 Å². The maximum Gasteiger partial charge on any atom is 0.249 e. The number of imide groups is 1. The van der Waals surface area contributed by atoms with Crippen LogP contribution in [0.3, 0.4) is 0 Å². The van der Waals surface area contributed by atoms with E-state index in [0.29, 0.717) is 24.6 Å². The van der Waals surface area contributed by atoms with Crippen LogP contribution in [0, 0.1) is 11.7 Å². The molecule has 4 aromatic rings. The van der Waals surface area contributed by atoms with Crippen LogP contribution in [0.4, 0.5) is 15.8 Å². The smallest absolute Gasteiger partial charge is 0.249 e. The molecule has 2 amide bonds.